The number of amides is 1. The third-order valence-electron chi connectivity index (χ3n) is 4.27. The largest absolute Gasteiger partial charge is 0.341 e. The number of nitrogens with one attached hydrogen (secondary N) is 1. The number of benzene rings is 3. The summed E-state index contributed by atoms with van der Waals surface area (Å²) in [4.78, 5) is 25.4. The van der Waals surface area contributed by atoms with Gasteiger partial charge in [-0.25, -0.2) is 0 Å². The van der Waals surface area contributed by atoms with Gasteiger partial charge in [-0.15, -0.1) is 0 Å². The monoisotopic (exact) mass is 387 g/mol. The average molecular weight is 388 g/mol. The third-order valence-corrected chi connectivity index (χ3v) is 5.27. The first-order valence-corrected chi connectivity index (χ1v) is 9.94. The van der Waals surface area contributed by atoms with Crippen molar-refractivity contribution in [2.75, 3.05) is 0 Å². The fourth-order valence-corrected chi connectivity index (χ4v) is 3.55. The molecule has 0 saturated carbocycles. The van der Waals surface area contributed by atoms with Gasteiger partial charge in [-0.2, -0.15) is 0 Å². The molecule has 0 aliphatic heterocycles. The molecule has 0 fully saturated rings. The van der Waals surface area contributed by atoms with Gasteiger partial charge in [0.15, 0.2) is 0 Å². The normalized spacial score (nSPS) is 11.4. The zero-order valence-electron chi connectivity index (χ0n) is 15.4. The topological polar surface area (TPSA) is 46.2 Å². The van der Waals surface area contributed by atoms with Crippen molar-refractivity contribution >= 4 is 22.8 Å². The molecular weight excluding hydrogens is 366 g/mol. The van der Waals surface area contributed by atoms with Crippen LogP contribution >= 0.6 is 11.8 Å². The zero-order chi connectivity index (χ0) is 19.8. The summed E-state index contributed by atoms with van der Waals surface area (Å²) in [5, 5.41) is 2.82. The van der Waals surface area contributed by atoms with Gasteiger partial charge in [0.25, 0.3) is 5.91 Å². The van der Waals surface area contributed by atoms with E-state index in [2.05, 4.69) is 11.9 Å². The van der Waals surface area contributed by atoms with Crippen LogP contribution in [0.5, 0.6) is 0 Å². The fraction of sp³-hybridized carbons (Fsp3) is 0.0833. The Bertz CT molecular complexity index is 940. The van der Waals surface area contributed by atoms with Crippen LogP contribution in [0.15, 0.2) is 103 Å². The van der Waals surface area contributed by atoms with Crippen LogP contribution in [-0.2, 0) is 10.5 Å². The van der Waals surface area contributed by atoms with Crippen LogP contribution in [0, 0.1) is 0 Å². The molecule has 3 aromatic carbocycles. The molecule has 28 heavy (non-hydrogen) atoms. The first-order valence-electron chi connectivity index (χ1n) is 8.96. The average Bonchev–Trinajstić information content (AvgIpc) is 2.77. The SMILES string of the molecule is C=C(C(=O)SCc1ccccc1)[C@@H](NC(=O)c1ccccc1)c1ccccc1. The standard InChI is InChI=1S/C24H21NO2S/c1-18(24(27)28-17-19-11-5-2-6-12-19)22(20-13-7-3-8-14-20)25-23(26)21-15-9-4-10-16-21/h2-16,22H,1,17H2,(H,25,26)/t22-/m1/s1. The zero-order valence-corrected chi connectivity index (χ0v) is 16.2. The number of carbonyl (C=O) groups is 2. The van der Waals surface area contributed by atoms with E-state index in [1.54, 1.807) is 12.1 Å². The van der Waals surface area contributed by atoms with E-state index in [9.17, 15) is 9.59 Å². The van der Waals surface area contributed by atoms with Gasteiger partial charge in [0.1, 0.15) is 0 Å². The molecule has 0 aromatic heterocycles. The summed E-state index contributed by atoms with van der Waals surface area (Å²) in [5.74, 6) is 0.323. The molecule has 3 aromatic rings. The molecule has 1 N–H and O–H groups in total. The molecule has 3 nitrogen and oxygen atoms in total. The van der Waals surface area contributed by atoms with Crippen molar-refractivity contribution in [1.29, 1.82) is 0 Å². The second kappa shape index (κ2) is 9.72. The van der Waals surface area contributed by atoms with Crippen LogP contribution in [0.4, 0.5) is 0 Å². The highest BCUT2D eigenvalue weighted by atomic mass is 32.2. The molecule has 1 amide bonds. The number of carbonyl (C=O) groups excluding carboxylic acids is 2. The van der Waals surface area contributed by atoms with E-state index in [4.69, 9.17) is 0 Å². The fourth-order valence-electron chi connectivity index (χ4n) is 2.75. The van der Waals surface area contributed by atoms with Crippen molar-refractivity contribution in [2.24, 2.45) is 0 Å². The van der Waals surface area contributed by atoms with Crippen molar-refractivity contribution in [3.8, 4) is 0 Å². The van der Waals surface area contributed by atoms with E-state index in [-0.39, 0.29) is 11.0 Å². The lowest BCUT2D eigenvalue weighted by molar-refractivity contribution is -0.108. The maximum atomic E-state index is 12.8. The molecule has 0 radical (unpaired) electrons. The Labute approximate surface area is 169 Å². The molecule has 0 spiro atoms. The third kappa shape index (κ3) is 5.21. The molecule has 140 valence electrons. The summed E-state index contributed by atoms with van der Waals surface area (Å²) in [5.41, 5.74) is 2.79. The Balaban J connectivity index is 1.75. The first-order chi connectivity index (χ1) is 13.6. The molecule has 0 unspecified atom stereocenters. The van der Waals surface area contributed by atoms with Crippen LogP contribution < -0.4 is 5.32 Å². The van der Waals surface area contributed by atoms with E-state index in [0.29, 0.717) is 16.9 Å². The van der Waals surface area contributed by atoms with Crippen LogP contribution in [0.25, 0.3) is 0 Å². The lowest BCUT2D eigenvalue weighted by Crippen LogP contribution is -2.31. The highest BCUT2D eigenvalue weighted by Gasteiger charge is 2.23. The van der Waals surface area contributed by atoms with Crippen LogP contribution in [0.2, 0.25) is 0 Å². The smallest absolute Gasteiger partial charge is 0.252 e. The van der Waals surface area contributed by atoms with Gasteiger partial charge in [-0.3, -0.25) is 9.59 Å². The number of thioether (sulfide) groups is 1. The van der Waals surface area contributed by atoms with Gasteiger partial charge in [0, 0.05) is 16.9 Å². The Morgan fingerprint density at radius 3 is 1.96 bits per heavy atom. The second-order valence-corrected chi connectivity index (χ2v) is 7.22. The van der Waals surface area contributed by atoms with E-state index >= 15 is 0 Å². The Hall–Kier alpha value is -3.11. The highest BCUT2D eigenvalue weighted by molar-refractivity contribution is 8.13. The highest BCUT2D eigenvalue weighted by Crippen LogP contribution is 2.27. The molecule has 0 saturated heterocycles. The van der Waals surface area contributed by atoms with Gasteiger partial charge in [0.05, 0.1) is 6.04 Å². The Morgan fingerprint density at radius 1 is 0.821 bits per heavy atom. The maximum Gasteiger partial charge on any atom is 0.252 e. The summed E-state index contributed by atoms with van der Waals surface area (Å²) >= 11 is 1.19. The number of rotatable bonds is 7. The molecule has 0 bridgehead atoms. The molecule has 0 aliphatic carbocycles. The molecule has 0 heterocycles. The molecule has 3 rings (SSSR count). The lowest BCUT2D eigenvalue weighted by Gasteiger charge is -2.21. The summed E-state index contributed by atoms with van der Waals surface area (Å²) in [6.45, 7) is 4.01. The van der Waals surface area contributed by atoms with Crippen molar-refractivity contribution in [3.05, 3.63) is 120 Å². The molecular formula is C24H21NO2S. The van der Waals surface area contributed by atoms with Crippen LogP contribution in [0.1, 0.15) is 27.5 Å². The predicted octanol–water partition coefficient (Wildman–Crippen LogP) is 5.17. The van der Waals surface area contributed by atoms with Gasteiger partial charge in [-0.1, -0.05) is 97.2 Å². The molecule has 0 aliphatic rings. The molecule has 4 heteroatoms. The van der Waals surface area contributed by atoms with Gasteiger partial charge >= 0.3 is 0 Å². The van der Waals surface area contributed by atoms with Crippen molar-refractivity contribution in [3.63, 3.8) is 0 Å². The summed E-state index contributed by atoms with van der Waals surface area (Å²) in [6.07, 6.45) is 0. The quantitative estimate of drug-likeness (QED) is 0.569. The van der Waals surface area contributed by atoms with Crippen LogP contribution in [0.3, 0.4) is 0 Å². The van der Waals surface area contributed by atoms with Crippen LogP contribution in [-0.4, -0.2) is 11.0 Å². The van der Waals surface area contributed by atoms with Crippen molar-refractivity contribution in [2.45, 2.75) is 11.8 Å². The predicted molar refractivity (Wildman–Crippen MR) is 115 cm³/mol. The summed E-state index contributed by atoms with van der Waals surface area (Å²) in [6, 6.07) is 27.6. The van der Waals surface area contributed by atoms with E-state index in [0.717, 1.165) is 11.1 Å². The number of hydrogen-bond acceptors (Lipinski definition) is 3. The van der Waals surface area contributed by atoms with E-state index in [1.165, 1.54) is 11.8 Å². The Morgan fingerprint density at radius 2 is 1.36 bits per heavy atom. The summed E-state index contributed by atoms with van der Waals surface area (Å²) in [7, 11) is 0. The number of hydrogen-bond donors (Lipinski definition) is 1. The molecule has 1 atom stereocenters. The van der Waals surface area contributed by atoms with Gasteiger partial charge in [0.2, 0.25) is 5.12 Å². The lowest BCUT2D eigenvalue weighted by atomic mass is 10.00. The summed E-state index contributed by atoms with van der Waals surface area (Å²) < 4.78 is 0. The van der Waals surface area contributed by atoms with E-state index < -0.39 is 6.04 Å². The minimum atomic E-state index is -0.579. The van der Waals surface area contributed by atoms with Gasteiger partial charge in [-0.05, 0) is 23.3 Å². The van der Waals surface area contributed by atoms with Crippen molar-refractivity contribution in [1.82, 2.24) is 5.32 Å². The minimum Gasteiger partial charge on any atom is -0.341 e. The second-order valence-electron chi connectivity index (χ2n) is 6.27. The van der Waals surface area contributed by atoms with Crippen molar-refractivity contribution < 1.29 is 9.59 Å². The van der Waals surface area contributed by atoms with Gasteiger partial charge < -0.3 is 5.32 Å². The Kier molecular flexibility index (Phi) is 6.82. The van der Waals surface area contributed by atoms with E-state index in [1.807, 2.05) is 78.9 Å². The first kappa shape index (κ1) is 19.6. The maximum absolute atomic E-state index is 12.8. The minimum absolute atomic E-state index is 0.133.